The molecule has 8 nitrogen and oxygen atoms in total. The van der Waals surface area contributed by atoms with Gasteiger partial charge in [-0.25, -0.2) is 4.98 Å². The van der Waals surface area contributed by atoms with Crippen LogP contribution in [0.5, 0.6) is 0 Å². The van der Waals surface area contributed by atoms with Crippen LogP contribution in [0.1, 0.15) is 36.2 Å². The van der Waals surface area contributed by atoms with Crippen molar-refractivity contribution in [2.45, 2.75) is 37.8 Å². The van der Waals surface area contributed by atoms with Gasteiger partial charge < -0.3 is 26.3 Å². The van der Waals surface area contributed by atoms with Crippen LogP contribution >= 0.6 is 0 Å². The predicted octanol–water partition coefficient (Wildman–Crippen LogP) is 0.806. The summed E-state index contributed by atoms with van der Waals surface area (Å²) in [5.41, 5.74) is 7.11. The van der Waals surface area contributed by atoms with Crippen molar-refractivity contribution in [2.24, 2.45) is 5.73 Å². The Labute approximate surface area is 139 Å². The number of nitrogens with two attached hydrogens (primary N) is 1. The summed E-state index contributed by atoms with van der Waals surface area (Å²) >= 11 is 0. The first-order valence-corrected chi connectivity index (χ1v) is 8.09. The molecule has 2 heterocycles. The van der Waals surface area contributed by atoms with Gasteiger partial charge in [-0.05, 0) is 31.7 Å². The maximum atomic E-state index is 12.3. The Balaban J connectivity index is 1.89. The number of nitrogens with zero attached hydrogens (tertiary/aromatic N) is 1. The van der Waals surface area contributed by atoms with Crippen molar-refractivity contribution in [3.05, 3.63) is 34.5 Å². The highest BCUT2D eigenvalue weighted by molar-refractivity contribution is 5.92. The van der Waals surface area contributed by atoms with Crippen molar-refractivity contribution in [2.75, 3.05) is 12.4 Å². The normalized spacial score (nSPS) is 20.6. The summed E-state index contributed by atoms with van der Waals surface area (Å²) in [6.45, 7) is 0. The van der Waals surface area contributed by atoms with Gasteiger partial charge in [-0.2, -0.15) is 0 Å². The maximum Gasteiger partial charge on any atom is 0.269 e. The van der Waals surface area contributed by atoms with Gasteiger partial charge >= 0.3 is 0 Å². The standard InChI is InChI=1S/C16H22N6O2/c1-18-15(23)12-8-20-14(22-12)13-11(6-7-19-16(13)24)21-10-4-2-9(17)3-5-10/h6-10H,2-5,17H2,1H3,(H,18,23)(H,20,22)(H2,19,21,24). The average molecular weight is 330 g/mol. The molecule has 1 aliphatic rings. The Morgan fingerprint density at radius 1 is 1.33 bits per heavy atom. The fraction of sp³-hybridized carbons (Fsp3) is 0.438. The Morgan fingerprint density at radius 3 is 2.79 bits per heavy atom. The van der Waals surface area contributed by atoms with Gasteiger partial charge in [-0.3, -0.25) is 9.59 Å². The lowest BCUT2D eigenvalue weighted by Gasteiger charge is -2.28. The highest BCUT2D eigenvalue weighted by Crippen LogP contribution is 2.26. The van der Waals surface area contributed by atoms with Gasteiger partial charge in [0, 0.05) is 25.3 Å². The molecule has 1 saturated carbocycles. The summed E-state index contributed by atoms with van der Waals surface area (Å²) in [6.07, 6.45) is 6.90. The summed E-state index contributed by atoms with van der Waals surface area (Å²) in [7, 11) is 1.54. The number of aromatic nitrogens is 3. The van der Waals surface area contributed by atoms with Gasteiger partial charge in [0.2, 0.25) is 0 Å². The molecular formula is C16H22N6O2. The number of rotatable bonds is 4. The highest BCUT2D eigenvalue weighted by Gasteiger charge is 2.21. The molecular weight excluding hydrogens is 308 g/mol. The Bertz CT molecular complexity index is 773. The quantitative estimate of drug-likeness (QED) is 0.566. The van der Waals surface area contributed by atoms with Gasteiger partial charge in [-0.1, -0.05) is 0 Å². The van der Waals surface area contributed by atoms with Crippen molar-refractivity contribution in [3.63, 3.8) is 0 Å². The molecule has 6 N–H and O–H groups in total. The highest BCUT2D eigenvalue weighted by atomic mass is 16.1. The zero-order chi connectivity index (χ0) is 17.1. The van der Waals surface area contributed by atoms with Gasteiger partial charge in [0.15, 0.2) is 0 Å². The first-order valence-electron chi connectivity index (χ1n) is 8.09. The first-order chi connectivity index (χ1) is 11.6. The number of carbonyl (C=O) groups is 1. The van der Waals surface area contributed by atoms with Crippen LogP contribution in [-0.4, -0.2) is 40.0 Å². The number of nitrogens with one attached hydrogen (secondary N) is 4. The lowest BCUT2D eigenvalue weighted by molar-refractivity contribution is 0.0958. The van der Waals surface area contributed by atoms with Gasteiger partial charge in [0.25, 0.3) is 11.5 Å². The van der Waals surface area contributed by atoms with Gasteiger partial charge in [0.1, 0.15) is 17.1 Å². The van der Waals surface area contributed by atoms with Crippen LogP contribution in [0.4, 0.5) is 5.69 Å². The SMILES string of the molecule is CNC(=O)c1cnc(-c2c(NC3CCC(N)CC3)cc[nH]c2=O)[nH]1. The molecule has 0 atom stereocenters. The van der Waals surface area contributed by atoms with E-state index in [1.54, 1.807) is 13.2 Å². The number of pyridine rings is 1. The van der Waals surface area contributed by atoms with Crippen molar-refractivity contribution in [1.29, 1.82) is 0 Å². The zero-order valence-electron chi connectivity index (χ0n) is 13.6. The van der Waals surface area contributed by atoms with Crippen LogP contribution in [-0.2, 0) is 0 Å². The molecule has 3 rings (SSSR count). The molecule has 0 radical (unpaired) electrons. The van der Waals surface area contributed by atoms with E-state index in [9.17, 15) is 9.59 Å². The minimum absolute atomic E-state index is 0.259. The third-order valence-corrected chi connectivity index (χ3v) is 4.38. The van der Waals surface area contributed by atoms with Crippen LogP contribution in [0.25, 0.3) is 11.4 Å². The maximum absolute atomic E-state index is 12.3. The van der Waals surface area contributed by atoms with E-state index in [1.165, 1.54) is 6.20 Å². The van der Waals surface area contributed by atoms with E-state index in [-0.39, 0.29) is 23.6 Å². The van der Waals surface area contributed by atoms with Crippen LogP contribution < -0.4 is 21.9 Å². The lowest BCUT2D eigenvalue weighted by Crippen LogP contribution is -2.33. The van der Waals surface area contributed by atoms with E-state index in [2.05, 4.69) is 25.6 Å². The fourth-order valence-electron chi connectivity index (χ4n) is 3.02. The largest absolute Gasteiger partial charge is 0.382 e. The number of hydrogen-bond donors (Lipinski definition) is 5. The van der Waals surface area contributed by atoms with Gasteiger partial charge in [-0.15, -0.1) is 0 Å². The summed E-state index contributed by atoms with van der Waals surface area (Å²) < 4.78 is 0. The topological polar surface area (TPSA) is 129 Å². The van der Waals surface area contributed by atoms with E-state index in [0.29, 0.717) is 22.8 Å². The number of H-pyrrole nitrogens is 2. The van der Waals surface area contributed by atoms with E-state index >= 15 is 0 Å². The number of amides is 1. The molecule has 0 aromatic carbocycles. The Hall–Kier alpha value is -2.61. The molecule has 1 aliphatic carbocycles. The molecule has 0 aliphatic heterocycles. The second-order valence-corrected chi connectivity index (χ2v) is 6.08. The summed E-state index contributed by atoms with van der Waals surface area (Å²) in [6, 6.07) is 2.36. The average Bonchev–Trinajstić information content (AvgIpc) is 3.06. The molecule has 0 bridgehead atoms. The number of anilines is 1. The molecule has 0 unspecified atom stereocenters. The number of hydrogen-bond acceptors (Lipinski definition) is 5. The first kappa shape index (κ1) is 16.3. The second-order valence-electron chi connectivity index (χ2n) is 6.08. The molecule has 2 aromatic heterocycles. The van der Waals surface area contributed by atoms with Gasteiger partial charge in [0.05, 0.1) is 11.9 Å². The third kappa shape index (κ3) is 3.33. The monoisotopic (exact) mass is 330 g/mol. The second kappa shape index (κ2) is 6.88. The molecule has 1 amide bonds. The molecule has 8 heteroatoms. The van der Waals surface area contributed by atoms with E-state index in [4.69, 9.17) is 5.73 Å². The van der Waals surface area contributed by atoms with Crippen LogP contribution in [0.3, 0.4) is 0 Å². The lowest BCUT2D eigenvalue weighted by atomic mass is 9.91. The van der Waals surface area contributed by atoms with Crippen LogP contribution in [0, 0.1) is 0 Å². The predicted molar refractivity (Wildman–Crippen MR) is 91.9 cm³/mol. The van der Waals surface area contributed by atoms with Crippen LogP contribution in [0.2, 0.25) is 0 Å². The summed E-state index contributed by atoms with van der Waals surface area (Å²) in [4.78, 5) is 33.7. The minimum Gasteiger partial charge on any atom is -0.382 e. The zero-order valence-corrected chi connectivity index (χ0v) is 13.6. The fourth-order valence-corrected chi connectivity index (χ4v) is 3.02. The molecule has 2 aromatic rings. The molecule has 0 spiro atoms. The molecule has 1 fully saturated rings. The number of carbonyl (C=O) groups excluding carboxylic acids is 1. The van der Waals surface area contributed by atoms with Crippen molar-refractivity contribution < 1.29 is 4.79 Å². The molecule has 0 saturated heterocycles. The van der Waals surface area contributed by atoms with Crippen molar-refractivity contribution >= 4 is 11.6 Å². The molecule has 24 heavy (non-hydrogen) atoms. The third-order valence-electron chi connectivity index (χ3n) is 4.38. The smallest absolute Gasteiger partial charge is 0.269 e. The van der Waals surface area contributed by atoms with Crippen molar-refractivity contribution in [1.82, 2.24) is 20.3 Å². The van der Waals surface area contributed by atoms with E-state index < -0.39 is 0 Å². The minimum atomic E-state index is -0.281. The molecule has 128 valence electrons. The number of imidazole rings is 1. The summed E-state index contributed by atoms with van der Waals surface area (Å²) in [5.74, 6) is 0.0855. The van der Waals surface area contributed by atoms with Crippen LogP contribution in [0.15, 0.2) is 23.3 Å². The van der Waals surface area contributed by atoms with Crippen molar-refractivity contribution in [3.8, 4) is 11.4 Å². The number of aromatic amines is 2. The van der Waals surface area contributed by atoms with E-state index in [0.717, 1.165) is 25.7 Å². The Kier molecular flexibility index (Phi) is 4.66. The summed E-state index contributed by atoms with van der Waals surface area (Å²) in [5, 5.41) is 5.95. The van der Waals surface area contributed by atoms with E-state index in [1.807, 2.05) is 6.07 Å². The Morgan fingerprint density at radius 2 is 2.08 bits per heavy atom.